The minimum absolute atomic E-state index is 0. The standard InChI is InChI=1S/C20H12Cl2O4.Na.H/c21-13-5-9-15(10-6-13)25-19(23)17-3-1-2-4-18(17)20(24)26-16-11-7-14(22)8-12-16;;/h1-12H;;. The molecule has 0 aromatic heterocycles. The molecule has 0 spiro atoms. The van der Waals surface area contributed by atoms with Gasteiger partial charge in [0.1, 0.15) is 11.5 Å². The molecule has 0 fully saturated rings. The summed E-state index contributed by atoms with van der Waals surface area (Å²) < 4.78 is 10.6. The van der Waals surface area contributed by atoms with Crippen molar-refractivity contribution in [1.82, 2.24) is 0 Å². The monoisotopic (exact) mass is 410 g/mol. The fraction of sp³-hybridized carbons (Fsp3) is 0. The summed E-state index contributed by atoms with van der Waals surface area (Å²) >= 11 is 11.6. The summed E-state index contributed by atoms with van der Waals surface area (Å²) in [6.45, 7) is 0. The number of hydrogen-bond acceptors (Lipinski definition) is 4. The molecule has 0 heterocycles. The SMILES string of the molecule is O=C(Oc1ccc(Cl)cc1)c1ccccc1C(=O)Oc1ccc(Cl)cc1.[NaH]. The second kappa shape index (κ2) is 9.93. The van der Waals surface area contributed by atoms with Gasteiger partial charge in [-0.2, -0.15) is 0 Å². The van der Waals surface area contributed by atoms with Gasteiger partial charge in [0.15, 0.2) is 0 Å². The molecular weight excluding hydrogens is 398 g/mol. The number of ether oxygens (including phenoxy) is 2. The Labute approximate surface area is 188 Å². The van der Waals surface area contributed by atoms with E-state index in [1.807, 2.05) is 0 Å². The molecule has 0 aliphatic heterocycles. The Morgan fingerprint density at radius 3 is 1.26 bits per heavy atom. The van der Waals surface area contributed by atoms with Crippen molar-refractivity contribution >= 4 is 64.7 Å². The van der Waals surface area contributed by atoms with E-state index in [2.05, 4.69) is 0 Å². The van der Waals surface area contributed by atoms with Gasteiger partial charge < -0.3 is 9.47 Å². The van der Waals surface area contributed by atoms with E-state index in [0.29, 0.717) is 21.5 Å². The Hall–Kier alpha value is -1.82. The van der Waals surface area contributed by atoms with Gasteiger partial charge in [-0.1, -0.05) is 35.3 Å². The molecule has 0 aliphatic carbocycles. The second-order valence-corrected chi connectivity index (χ2v) is 6.11. The third-order valence-electron chi connectivity index (χ3n) is 3.42. The van der Waals surface area contributed by atoms with Crippen molar-refractivity contribution in [3.05, 3.63) is 94.0 Å². The average molecular weight is 411 g/mol. The van der Waals surface area contributed by atoms with Crippen molar-refractivity contribution in [3.63, 3.8) is 0 Å². The molecule has 4 nitrogen and oxygen atoms in total. The summed E-state index contributed by atoms with van der Waals surface area (Å²) in [5.74, 6) is -0.701. The quantitative estimate of drug-likeness (QED) is 0.352. The molecule has 0 saturated carbocycles. The van der Waals surface area contributed by atoms with Crippen LogP contribution in [0.4, 0.5) is 0 Å². The molecule has 7 heteroatoms. The van der Waals surface area contributed by atoms with Crippen LogP contribution in [0.5, 0.6) is 11.5 Å². The molecule has 0 saturated heterocycles. The molecule has 0 atom stereocenters. The van der Waals surface area contributed by atoms with Crippen LogP contribution in [0.1, 0.15) is 20.7 Å². The zero-order chi connectivity index (χ0) is 18.5. The van der Waals surface area contributed by atoms with E-state index in [0.717, 1.165) is 0 Å². The van der Waals surface area contributed by atoms with Crippen molar-refractivity contribution < 1.29 is 19.1 Å². The first-order valence-electron chi connectivity index (χ1n) is 7.57. The van der Waals surface area contributed by atoms with E-state index in [9.17, 15) is 9.59 Å². The first-order chi connectivity index (χ1) is 12.5. The number of carbonyl (C=O) groups is 2. The molecule has 0 unspecified atom stereocenters. The maximum atomic E-state index is 12.4. The van der Waals surface area contributed by atoms with Gasteiger partial charge >= 0.3 is 41.5 Å². The summed E-state index contributed by atoms with van der Waals surface area (Å²) in [7, 11) is 0. The summed E-state index contributed by atoms with van der Waals surface area (Å²) in [6, 6.07) is 18.9. The molecule has 27 heavy (non-hydrogen) atoms. The predicted octanol–water partition coefficient (Wildman–Crippen LogP) is 4.78. The third kappa shape index (κ3) is 5.83. The van der Waals surface area contributed by atoms with Gasteiger partial charge in [-0.05, 0) is 60.7 Å². The molecule has 132 valence electrons. The van der Waals surface area contributed by atoms with Crippen LogP contribution < -0.4 is 9.47 Å². The number of halogens is 2. The van der Waals surface area contributed by atoms with Crippen LogP contribution in [0.3, 0.4) is 0 Å². The van der Waals surface area contributed by atoms with E-state index in [1.54, 1.807) is 60.7 Å². The molecule has 0 N–H and O–H groups in total. The minimum atomic E-state index is -0.670. The van der Waals surface area contributed by atoms with Crippen molar-refractivity contribution in [1.29, 1.82) is 0 Å². The third-order valence-corrected chi connectivity index (χ3v) is 3.92. The van der Waals surface area contributed by atoms with Crippen molar-refractivity contribution in [3.8, 4) is 11.5 Å². The van der Waals surface area contributed by atoms with Crippen LogP contribution in [0.25, 0.3) is 0 Å². The normalized spacial score (nSPS) is 9.85. The van der Waals surface area contributed by atoms with Crippen LogP contribution in [-0.4, -0.2) is 41.5 Å². The number of carbonyl (C=O) groups excluding carboxylic acids is 2. The van der Waals surface area contributed by atoms with E-state index in [-0.39, 0.29) is 40.7 Å². The summed E-state index contributed by atoms with van der Waals surface area (Å²) in [5, 5.41) is 1.05. The number of hydrogen-bond donors (Lipinski definition) is 0. The van der Waals surface area contributed by atoms with Gasteiger partial charge in [-0.15, -0.1) is 0 Å². The van der Waals surface area contributed by atoms with Gasteiger partial charge in [-0.25, -0.2) is 9.59 Å². The van der Waals surface area contributed by atoms with Crippen LogP contribution >= 0.6 is 23.2 Å². The number of esters is 2. The molecule has 3 aromatic rings. The molecule has 0 bridgehead atoms. The average Bonchev–Trinajstić information content (AvgIpc) is 2.65. The Balaban J connectivity index is 0.00000261. The van der Waals surface area contributed by atoms with Crippen LogP contribution in [0, 0.1) is 0 Å². The van der Waals surface area contributed by atoms with Crippen LogP contribution in [0.2, 0.25) is 10.0 Å². The van der Waals surface area contributed by atoms with Crippen LogP contribution in [-0.2, 0) is 0 Å². The Morgan fingerprint density at radius 1 is 0.593 bits per heavy atom. The van der Waals surface area contributed by atoms with Gasteiger partial charge in [0.2, 0.25) is 0 Å². The summed E-state index contributed by atoms with van der Waals surface area (Å²) in [4.78, 5) is 24.9. The first kappa shape index (κ1) is 21.5. The van der Waals surface area contributed by atoms with Crippen LogP contribution in [0.15, 0.2) is 72.8 Å². The fourth-order valence-electron chi connectivity index (χ4n) is 2.17. The Kier molecular flexibility index (Phi) is 7.90. The molecule has 3 aromatic carbocycles. The first-order valence-corrected chi connectivity index (χ1v) is 8.33. The molecule has 0 amide bonds. The number of rotatable bonds is 4. The molecule has 3 rings (SSSR count). The zero-order valence-electron chi connectivity index (χ0n) is 13.3. The topological polar surface area (TPSA) is 52.6 Å². The summed E-state index contributed by atoms with van der Waals surface area (Å²) in [6.07, 6.45) is 0. The molecular formula is C20H13Cl2NaO4. The Bertz CT molecular complexity index is 862. The fourth-order valence-corrected chi connectivity index (χ4v) is 2.42. The Morgan fingerprint density at radius 2 is 0.926 bits per heavy atom. The van der Waals surface area contributed by atoms with Gasteiger partial charge in [-0.3, -0.25) is 0 Å². The van der Waals surface area contributed by atoms with Gasteiger partial charge in [0.05, 0.1) is 11.1 Å². The predicted molar refractivity (Wildman–Crippen MR) is 106 cm³/mol. The molecule has 0 aliphatic rings. The zero-order valence-corrected chi connectivity index (χ0v) is 14.8. The van der Waals surface area contributed by atoms with E-state index < -0.39 is 11.9 Å². The summed E-state index contributed by atoms with van der Waals surface area (Å²) in [5.41, 5.74) is 0.197. The van der Waals surface area contributed by atoms with E-state index in [1.165, 1.54) is 12.1 Å². The van der Waals surface area contributed by atoms with Crippen molar-refractivity contribution in [2.24, 2.45) is 0 Å². The number of benzene rings is 3. The maximum absolute atomic E-state index is 12.4. The van der Waals surface area contributed by atoms with Crippen molar-refractivity contribution in [2.45, 2.75) is 0 Å². The molecule has 0 radical (unpaired) electrons. The van der Waals surface area contributed by atoms with Crippen molar-refractivity contribution in [2.75, 3.05) is 0 Å². The van der Waals surface area contributed by atoms with Gasteiger partial charge in [0, 0.05) is 10.0 Å². The second-order valence-electron chi connectivity index (χ2n) is 5.23. The van der Waals surface area contributed by atoms with Gasteiger partial charge in [0.25, 0.3) is 0 Å². The van der Waals surface area contributed by atoms with E-state index >= 15 is 0 Å². The van der Waals surface area contributed by atoms with E-state index in [4.69, 9.17) is 32.7 Å².